The molecular formula is C11H16IN3S2. The number of nitrogens with zero attached hydrogens (tertiary/aromatic N) is 2. The summed E-state index contributed by atoms with van der Waals surface area (Å²) in [7, 11) is 0. The molecule has 0 aromatic carbocycles. The van der Waals surface area contributed by atoms with Crippen LogP contribution in [0.2, 0.25) is 0 Å². The van der Waals surface area contributed by atoms with Gasteiger partial charge in [-0.1, -0.05) is 6.92 Å². The number of rotatable bonds is 2. The molecule has 1 saturated heterocycles. The number of nitrogens with two attached hydrogens (primary N) is 1. The zero-order chi connectivity index (χ0) is 12.4. The number of aryl methyl sites for hydroxylation is 1. The van der Waals surface area contributed by atoms with E-state index in [4.69, 9.17) is 5.73 Å². The molecule has 0 amide bonds. The zero-order valence-electron chi connectivity index (χ0n) is 9.94. The van der Waals surface area contributed by atoms with Crippen LogP contribution < -0.4 is 5.73 Å². The van der Waals surface area contributed by atoms with Crippen molar-refractivity contribution >= 4 is 51.9 Å². The van der Waals surface area contributed by atoms with Crippen molar-refractivity contribution in [3.8, 4) is 0 Å². The Labute approximate surface area is 124 Å². The molecule has 1 aliphatic rings. The lowest BCUT2D eigenvalue weighted by Crippen LogP contribution is -2.21. The second-order valence-electron chi connectivity index (χ2n) is 3.98. The zero-order valence-corrected chi connectivity index (χ0v) is 13.7. The highest BCUT2D eigenvalue weighted by atomic mass is 127. The SMILES string of the molecule is CCC1SCCSC1c1nc(C)c(I)c(N)n1. The van der Waals surface area contributed by atoms with E-state index < -0.39 is 0 Å². The highest BCUT2D eigenvalue weighted by Gasteiger charge is 2.29. The lowest BCUT2D eigenvalue weighted by atomic mass is 10.2. The molecule has 6 heteroatoms. The van der Waals surface area contributed by atoms with Crippen LogP contribution in [0.3, 0.4) is 0 Å². The van der Waals surface area contributed by atoms with Gasteiger partial charge in [0, 0.05) is 16.8 Å². The molecule has 1 aliphatic heterocycles. The summed E-state index contributed by atoms with van der Waals surface area (Å²) >= 11 is 6.22. The number of anilines is 1. The number of thioether (sulfide) groups is 2. The van der Waals surface area contributed by atoms with Crippen molar-refractivity contribution < 1.29 is 0 Å². The van der Waals surface area contributed by atoms with Gasteiger partial charge in [-0.15, -0.1) is 11.8 Å². The summed E-state index contributed by atoms with van der Waals surface area (Å²) in [6, 6.07) is 0. The topological polar surface area (TPSA) is 51.8 Å². The van der Waals surface area contributed by atoms with Crippen LogP contribution in [0, 0.1) is 10.5 Å². The molecule has 0 saturated carbocycles. The van der Waals surface area contributed by atoms with E-state index in [0.29, 0.717) is 16.3 Å². The van der Waals surface area contributed by atoms with Gasteiger partial charge in [0.2, 0.25) is 0 Å². The maximum atomic E-state index is 5.94. The fourth-order valence-corrected chi connectivity index (χ4v) is 5.11. The first kappa shape index (κ1) is 13.7. The molecule has 2 unspecified atom stereocenters. The molecule has 0 aliphatic carbocycles. The molecular weight excluding hydrogens is 365 g/mol. The normalized spacial score (nSPS) is 24.9. The van der Waals surface area contributed by atoms with Crippen molar-refractivity contribution in [1.29, 1.82) is 0 Å². The standard InChI is InChI=1S/C11H16IN3S2/c1-3-7-9(17-5-4-16-7)11-14-6(2)8(12)10(13)15-11/h7,9H,3-5H2,1-2H3,(H2,13,14,15). The molecule has 2 rings (SSSR count). The molecule has 2 heterocycles. The molecule has 1 fully saturated rings. The smallest absolute Gasteiger partial charge is 0.145 e. The van der Waals surface area contributed by atoms with E-state index in [2.05, 4.69) is 39.5 Å². The van der Waals surface area contributed by atoms with Crippen molar-refractivity contribution in [2.45, 2.75) is 30.8 Å². The minimum absolute atomic E-state index is 0.400. The summed E-state index contributed by atoms with van der Waals surface area (Å²) in [4.78, 5) is 9.10. The Morgan fingerprint density at radius 2 is 2.06 bits per heavy atom. The third-order valence-electron chi connectivity index (χ3n) is 2.77. The van der Waals surface area contributed by atoms with E-state index in [-0.39, 0.29) is 0 Å². The first-order valence-electron chi connectivity index (χ1n) is 5.66. The van der Waals surface area contributed by atoms with E-state index in [0.717, 1.165) is 21.5 Å². The van der Waals surface area contributed by atoms with Crippen LogP contribution in [0.15, 0.2) is 0 Å². The largest absolute Gasteiger partial charge is 0.383 e. The minimum atomic E-state index is 0.400. The van der Waals surface area contributed by atoms with E-state index in [1.54, 1.807) is 0 Å². The van der Waals surface area contributed by atoms with Crippen molar-refractivity contribution in [3.63, 3.8) is 0 Å². The molecule has 1 aromatic rings. The van der Waals surface area contributed by atoms with Gasteiger partial charge >= 0.3 is 0 Å². The van der Waals surface area contributed by atoms with Crippen LogP contribution in [0.4, 0.5) is 5.82 Å². The summed E-state index contributed by atoms with van der Waals surface area (Å²) in [6.45, 7) is 4.24. The van der Waals surface area contributed by atoms with Crippen molar-refractivity contribution in [2.75, 3.05) is 17.2 Å². The van der Waals surface area contributed by atoms with E-state index in [9.17, 15) is 0 Å². The Kier molecular flexibility index (Phi) is 4.82. The third-order valence-corrected chi connectivity index (χ3v) is 7.34. The Bertz CT molecular complexity index is 391. The lowest BCUT2D eigenvalue weighted by molar-refractivity contribution is 0.745. The van der Waals surface area contributed by atoms with Crippen molar-refractivity contribution in [2.24, 2.45) is 0 Å². The van der Waals surface area contributed by atoms with Crippen LogP contribution in [0.25, 0.3) is 0 Å². The first-order chi connectivity index (χ1) is 8.13. The van der Waals surface area contributed by atoms with Gasteiger partial charge in [0.05, 0.1) is 14.5 Å². The maximum Gasteiger partial charge on any atom is 0.145 e. The molecule has 0 spiro atoms. The van der Waals surface area contributed by atoms with Gasteiger partial charge in [-0.25, -0.2) is 9.97 Å². The quantitative estimate of drug-likeness (QED) is 0.797. The summed E-state index contributed by atoms with van der Waals surface area (Å²) in [5.74, 6) is 3.96. The molecule has 2 N–H and O–H groups in total. The second-order valence-corrected chi connectivity index (χ2v) is 7.65. The average molecular weight is 381 g/mol. The predicted octanol–water partition coefficient (Wildman–Crippen LogP) is 3.27. The highest BCUT2D eigenvalue weighted by molar-refractivity contribution is 14.1. The minimum Gasteiger partial charge on any atom is -0.383 e. The van der Waals surface area contributed by atoms with Gasteiger partial charge in [0.25, 0.3) is 0 Å². The summed E-state index contributed by atoms with van der Waals surface area (Å²) in [5.41, 5.74) is 6.94. The van der Waals surface area contributed by atoms with Crippen molar-refractivity contribution in [3.05, 3.63) is 15.1 Å². The van der Waals surface area contributed by atoms with Gasteiger partial charge in [0.1, 0.15) is 11.6 Å². The highest BCUT2D eigenvalue weighted by Crippen LogP contribution is 2.43. The summed E-state index contributed by atoms with van der Waals surface area (Å²) in [6.07, 6.45) is 1.16. The van der Waals surface area contributed by atoms with Gasteiger partial charge in [0.15, 0.2) is 0 Å². The Hall–Kier alpha value is 0.310. The Balaban J connectivity index is 2.32. The van der Waals surface area contributed by atoms with Gasteiger partial charge in [-0.2, -0.15) is 11.8 Å². The van der Waals surface area contributed by atoms with E-state index >= 15 is 0 Å². The molecule has 0 radical (unpaired) electrons. The number of hydrogen-bond acceptors (Lipinski definition) is 5. The van der Waals surface area contributed by atoms with Gasteiger partial charge in [-0.05, 0) is 35.9 Å². The average Bonchev–Trinajstić information content (AvgIpc) is 2.35. The van der Waals surface area contributed by atoms with Crippen LogP contribution in [0.1, 0.15) is 30.1 Å². The van der Waals surface area contributed by atoms with Crippen LogP contribution in [-0.2, 0) is 0 Å². The number of aromatic nitrogens is 2. The summed E-state index contributed by atoms with van der Waals surface area (Å²) in [5, 5.41) is 1.02. The summed E-state index contributed by atoms with van der Waals surface area (Å²) < 4.78 is 0.980. The molecule has 94 valence electrons. The maximum absolute atomic E-state index is 5.94. The first-order valence-corrected chi connectivity index (χ1v) is 8.83. The molecule has 3 nitrogen and oxygen atoms in total. The fraction of sp³-hybridized carbons (Fsp3) is 0.636. The fourth-order valence-electron chi connectivity index (χ4n) is 1.87. The van der Waals surface area contributed by atoms with Crippen LogP contribution in [0.5, 0.6) is 0 Å². The van der Waals surface area contributed by atoms with Crippen LogP contribution >= 0.6 is 46.1 Å². The van der Waals surface area contributed by atoms with E-state index in [1.165, 1.54) is 11.5 Å². The van der Waals surface area contributed by atoms with Crippen LogP contribution in [-0.4, -0.2) is 26.7 Å². The molecule has 0 bridgehead atoms. The van der Waals surface area contributed by atoms with Gasteiger partial charge in [-0.3, -0.25) is 0 Å². The monoisotopic (exact) mass is 381 g/mol. The third kappa shape index (κ3) is 3.01. The molecule has 2 atom stereocenters. The van der Waals surface area contributed by atoms with Gasteiger partial charge < -0.3 is 5.73 Å². The number of nitrogen functional groups attached to an aromatic ring is 1. The van der Waals surface area contributed by atoms with E-state index in [1.807, 2.05) is 30.4 Å². The molecule has 1 aromatic heterocycles. The Morgan fingerprint density at radius 1 is 1.35 bits per heavy atom. The predicted molar refractivity (Wildman–Crippen MR) is 85.6 cm³/mol. The lowest BCUT2D eigenvalue weighted by Gasteiger charge is -2.29. The van der Waals surface area contributed by atoms with Crippen molar-refractivity contribution in [1.82, 2.24) is 9.97 Å². The number of hydrogen-bond donors (Lipinski definition) is 1. The molecule has 17 heavy (non-hydrogen) atoms. The second kappa shape index (κ2) is 5.97. The Morgan fingerprint density at radius 3 is 2.71 bits per heavy atom. The number of halogens is 1.